The lowest BCUT2D eigenvalue weighted by atomic mass is 9.84. The molecular weight excluding hydrogens is 429 g/mol. The number of halogens is 3. The molecule has 1 aliphatic carbocycles. The van der Waals surface area contributed by atoms with Crippen molar-refractivity contribution in [1.82, 2.24) is 0 Å². The van der Waals surface area contributed by atoms with E-state index in [9.17, 15) is 18.0 Å². The third-order valence-corrected chi connectivity index (χ3v) is 5.71. The van der Waals surface area contributed by atoms with Crippen LogP contribution in [0.15, 0.2) is 71.8 Å². The molecule has 7 heteroatoms. The largest absolute Gasteiger partial charge is 0.469 e. The zero-order valence-corrected chi connectivity index (χ0v) is 18.1. The summed E-state index contributed by atoms with van der Waals surface area (Å²) >= 11 is 0. The molecule has 0 amide bonds. The molecule has 0 saturated heterocycles. The van der Waals surface area contributed by atoms with Gasteiger partial charge in [-0.05, 0) is 64.9 Å². The Morgan fingerprint density at radius 1 is 0.939 bits per heavy atom. The van der Waals surface area contributed by atoms with Gasteiger partial charge in [-0.15, -0.1) is 0 Å². The lowest BCUT2D eigenvalue weighted by molar-refractivity contribution is -0.140. The van der Waals surface area contributed by atoms with Crippen molar-refractivity contribution in [2.75, 3.05) is 12.5 Å². The number of hydrogen-bond acceptors (Lipinski definition) is 4. The number of rotatable bonds is 6. The van der Waals surface area contributed by atoms with Gasteiger partial charge in [0, 0.05) is 6.42 Å². The summed E-state index contributed by atoms with van der Waals surface area (Å²) in [5, 5.41) is 4.38. The number of ether oxygens (including phenoxy) is 1. The highest BCUT2D eigenvalue weighted by Crippen LogP contribution is 2.34. The van der Waals surface area contributed by atoms with E-state index in [1.807, 2.05) is 24.3 Å². The topological polar surface area (TPSA) is 50.7 Å². The van der Waals surface area contributed by atoms with Gasteiger partial charge in [-0.25, -0.2) is 0 Å². The van der Waals surface area contributed by atoms with E-state index in [2.05, 4.69) is 28.7 Å². The average molecular weight is 452 g/mol. The van der Waals surface area contributed by atoms with Crippen LogP contribution < -0.4 is 5.43 Å². The molecule has 0 atom stereocenters. The van der Waals surface area contributed by atoms with Crippen LogP contribution in [0, 0.1) is 0 Å². The van der Waals surface area contributed by atoms with Gasteiger partial charge >= 0.3 is 12.1 Å². The second kappa shape index (κ2) is 9.48. The fourth-order valence-electron chi connectivity index (χ4n) is 4.00. The van der Waals surface area contributed by atoms with Gasteiger partial charge in [0.1, 0.15) is 0 Å². The number of benzene rings is 3. The van der Waals surface area contributed by atoms with Crippen LogP contribution in [0.25, 0.3) is 11.1 Å². The maximum absolute atomic E-state index is 13.0. The molecule has 0 radical (unpaired) electrons. The Kier molecular flexibility index (Phi) is 6.49. The van der Waals surface area contributed by atoms with E-state index in [1.165, 1.54) is 41.5 Å². The monoisotopic (exact) mass is 452 g/mol. The van der Waals surface area contributed by atoms with E-state index in [1.54, 1.807) is 0 Å². The van der Waals surface area contributed by atoms with Crippen molar-refractivity contribution >= 4 is 17.4 Å². The normalized spacial score (nSPS) is 13.2. The second-order valence-electron chi connectivity index (χ2n) is 7.85. The molecule has 0 spiro atoms. The summed E-state index contributed by atoms with van der Waals surface area (Å²) in [6.07, 6.45) is -2.23. The van der Waals surface area contributed by atoms with Crippen LogP contribution in [-0.2, 0) is 28.5 Å². The van der Waals surface area contributed by atoms with Crippen LogP contribution in [-0.4, -0.2) is 18.8 Å². The lowest BCUT2D eigenvalue weighted by Gasteiger charge is -2.21. The molecule has 4 nitrogen and oxygen atoms in total. The van der Waals surface area contributed by atoms with Crippen LogP contribution >= 0.6 is 0 Å². The summed E-state index contributed by atoms with van der Waals surface area (Å²) in [7, 11) is 1.32. The Balaban J connectivity index is 1.65. The maximum atomic E-state index is 13.0. The van der Waals surface area contributed by atoms with Crippen LogP contribution in [0.1, 0.15) is 35.1 Å². The molecule has 0 aromatic heterocycles. The van der Waals surface area contributed by atoms with Crippen LogP contribution in [0.3, 0.4) is 0 Å². The van der Waals surface area contributed by atoms with E-state index in [4.69, 9.17) is 4.74 Å². The summed E-state index contributed by atoms with van der Waals surface area (Å²) in [5.41, 5.74) is 8.43. The lowest BCUT2D eigenvalue weighted by Crippen LogP contribution is -2.11. The summed E-state index contributed by atoms with van der Waals surface area (Å²) in [6, 6.07) is 19.2. The number of methoxy groups -OCH3 is 1. The van der Waals surface area contributed by atoms with Gasteiger partial charge in [-0.3, -0.25) is 10.2 Å². The summed E-state index contributed by atoms with van der Waals surface area (Å²) in [4.78, 5) is 11.7. The molecule has 1 aliphatic rings. The number of aryl methyl sites for hydroxylation is 2. The Bertz CT molecular complexity index is 1200. The third-order valence-electron chi connectivity index (χ3n) is 5.71. The van der Waals surface area contributed by atoms with Crippen LogP contribution in [0.5, 0.6) is 0 Å². The van der Waals surface area contributed by atoms with Crippen LogP contribution in [0.2, 0.25) is 0 Å². The highest BCUT2D eigenvalue weighted by atomic mass is 19.4. The smallest absolute Gasteiger partial charge is 0.416 e. The number of hydrogen-bond donors (Lipinski definition) is 1. The number of nitrogens with zero attached hydrogens (tertiary/aromatic N) is 1. The van der Waals surface area contributed by atoms with E-state index >= 15 is 0 Å². The van der Waals surface area contributed by atoms with Gasteiger partial charge in [0.25, 0.3) is 0 Å². The highest BCUT2D eigenvalue weighted by molar-refractivity contribution is 6.02. The zero-order chi connectivity index (χ0) is 23.4. The summed E-state index contributed by atoms with van der Waals surface area (Å²) in [5.74, 6) is -0.381. The molecule has 0 unspecified atom stereocenters. The maximum Gasteiger partial charge on any atom is 0.416 e. The highest BCUT2D eigenvalue weighted by Gasteiger charge is 2.30. The van der Waals surface area contributed by atoms with Gasteiger partial charge in [0.15, 0.2) is 0 Å². The molecular formula is C26H23F3N2O2. The first-order valence-electron chi connectivity index (χ1n) is 10.6. The fraction of sp³-hybridized carbons (Fsp3) is 0.231. The van der Waals surface area contributed by atoms with Gasteiger partial charge < -0.3 is 4.74 Å². The Hall–Kier alpha value is -3.61. The van der Waals surface area contributed by atoms with Crippen molar-refractivity contribution in [1.29, 1.82) is 0 Å². The minimum atomic E-state index is -4.44. The van der Waals surface area contributed by atoms with Crippen molar-refractivity contribution in [3.63, 3.8) is 0 Å². The summed E-state index contributed by atoms with van der Waals surface area (Å²) < 4.78 is 43.8. The van der Waals surface area contributed by atoms with E-state index in [0.29, 0.717) is 5.71 Å². The molecule has 0 bridgehead atoms. The van der Waals surface area contributed by atoms with Crippen molar-refractivity contribution in [3.05, 3.63) is 89.0 Å². The number of esters is 1. The Morgan fingerprint density at radius 3 is 2.48 bits per heavy atom. The van der Waals surface area contributed by atoms with E-state index in [-0.39, 0.29) is 24.5 Å². The first-order valence-corrected chi connectivity index (χ1v) is 10.6. The Labute approximate surface area is 190 Å². The number of carbonyl (C=O) groups excluding carboxylic acids is 1. The van der Waals surface area contributed by atoms with Crippen molar-refractivity contribution in [2.45, 2.75) is 31.9 Å². The third kappa shape index (κ3) is 5.25. The molecule has 3 aromatic carbocycles. The quantitative estimate of drug-likeness (QED) is 0.274. The van der Waals surface area contributed by atoms with Gasteiger partial charge in [-0.1, -0.05) is 42.5 Å². The molecule has 1 N–H and O–H groups in total. The molecule has 0 saturated carbocycles. The minimum absolute atomic E-state index is 0.111. The van der Waals surface area contributed by atoms with Gasteiger partial charge in [-0.2, -0.15) is 18.3 Å². The predicted molar refractivity (Wildman–Crippen MR) is 122 cm³/mol. The molecule has 0 heterocycles. The van der Waals surface area contributed by atoms with Crippen molar-refractivity contribution in [3.8, 4) is 11.1 Å². The predicted octanol–water partition coefficient (Wildman–Crippen LogP) is 6.24. The number of fused-ring (bicyclic) bond motifs is 3. The zero-order valence-electron chi connectivity index (χ0n) is 18.1. The van der Waals surface area contributed by atoms with E-state index in [0.717, 1.165) is 30.5 Å². The van der Waals surface area contributed by atoms with Crippen molar-refractivity contribution < 1.29 is 22.7 Å². The minimum Gasteiger partial charge on any atom is -0.469 e. The molecule has 4 rings (SSSR count). The standard InChI is InChI=1S/C26H23F3N2O2/c1-33-25(32)14-13-24(31-30-21-7-4-6-20(16-21)26(27,28)29)19-11-12-23-18(15-19)10-9-17-5-2-3-8-22(17)23/h2-8,11-12,15-16,30H,9-10,13-14H2,1H3/b31-24+. The van der Waals surface area contributed by atoms with Crippen LogP contribution in [0.4, 0.5) is 18.9 Å². The number of anilines is 1. The molecule has 0 fully saturated rings. The SMILES string of the molecule is COC(=O)CC/C(=N\Nc1cccc(C(F)(F)F)c1)c1ccc2c(c1)CCc1ccccc1-2. The first-order chi connectivity index (χ1) is 15.8. The summed E-state index contributed by atoms with van der Waals surface area (Å²) in [6.45, 7) is 0. The van der Waals surface area contributed by atoms with Crippen molar-refractivity contribution in [2.24, 2.45) is 5.10 Å². The molecule has 170 valence electrons. The van der Waals surface area contributed by atoms with Gasteiger partial charge in [0.2, 0.25) is 0 Å². The van der Waals surface area contributed by atoms with Gasteiger partial charge in [0.05, 0.1) is 30.5 Å². The van der Waals surface area contributed by atoms with E-state index < -0.39 is 11.7 Å². The Morgan fingerprint density at radius 2 is 1.70 bits per heavy atom. The number of carbonyl (C=O) groups is 1. The average Bonchev–Trinajstić information content (AvgIpc) is 2.83. The second-order valence-corrected chi connectivity index (χ2v) is 7.85. The molecule has 33 heavy (non-hydrogen) atoms. The molecule has 0 aliphatic heterocycles. The fourth-order valence-corrected chi connectivity index (χ4v) is 4.00. The number of alkyl halides is 3. The molecule has 3 aromatic rings. The number of hydrazone groups is 1. The number of nitrogens with one attached hydrogen (secondary N) is 1. The first kappa shape index (κ1) is 22.6.